The largest absolute Gasteiger partial charge is 0.306 e. The van der Waals surface area contributed by atoms with Gasteiger partial charge in [-0.3, -0.25) is 0 Å². The van der Waals surface area contributed by atoms with Crippen molar-refractivity contribution in [2.24, 2.45) is 11.3 Å². The number of likely N-dealkylation sites (tertiary alicyclic amines) is 1. The minimum atomic E-state index is 0.529. The molecule has 0 amide bonds. The Morgan fingerprint density at radius 2 is 1.55 bits per heavy atom. The van der Waals surface area contributed by atoms with Crippen molar-refractivity contribution < 1.29 is 0 Å². The van der Waals surface area contributed by atoms with Crippen LogP contribution in [0.4, 0.5) is 0 Å². The van der Waals surface area contributed by atoms with Crippen molar-refractivity contribution in [3.8, 4) is 0 Å². The molecule has 0 spiro atoms. The molecule has 1 fully saturated rings. The van der Waals surface area contributed by atoms with Gasteiger partial charge in [-0.2, -0.15) is 0 Å². The van der Waals surface area contributed by atoms with E-state index in [4.69, 9.17) is 0 Å². The molecule has 0 aromatic rings. The molecule has 0 saturated carbocycles. The second-order valence-electron chi connectivity index (χ2n) is 4.94. The van der Waals surface area contributed by atoms with Crippen LogP contribution in [-0.4, -0.2) is 25.0 Å². The van der Waals surface area contributed by atoms with Gasteiger partial charge in [0.2, 0.25) is 0 Å². The molecule has 1 rings (SSSR count). The number of piperidine rings is 1. The molecular weight excluding hydrogens is 134 g/mol. The molecule has 1 aliphatic rings. The molecule has 0 N–H and O–H groups in total. The molecule has 1 heterocycles. The molecule has 1 saturated heterocycles. The highest BCUT2D eigenvalue weighted by atomic mass is 15.1. The van der Waals surface area contributed by atoms with E-state index >= 15 is 0 Å². The van der Waals surface area contributed by atoms with Gasteiger partial charge < -0.3 is 4.90 Å². The summed E-state index contributed by atoms with van der Waals surface area (Å²) in [7, 11) is 2.22. The molecule has 0 radical (unpaired) electrons. The average Bonchev–Trinajstić information content (AvgIpc) is 1.86. The van der Waals surface area contributed by atoms with E-state index in [1.54, 1.807) is 0 Å². The maximum atomic E-state index is 2.43. The number of hydrogen-bond acceptors (Lipinski definition) is 1. The van der Waals surface area contributed by atoms with Gasteiger partial charge in [-0.15, -0.1) is 0 Å². The number of rotatable bonds is 0. The van der Waals surface area contributed by atoms with Crippen molar-refractivity contribution in [2.75, 3.05) is 20.1 Å². The topological polar surface area (TPSA) is 3.24 Å². The first kappa shape index (κ1) is 9.05. The van der Waals surface area contributed by atoms with E-state index in [-0.39, 0.29) is 0 Å². The first-order chi connectivity index (χ1) is 5.00. The van der Waals surface area contributed by atoms with Gasteiger partial charge in [-0.25, -0.2) is 0 Å². The van der Waals surface area contributed by atoms with Crippen LogP contribution in [0.3, 0.4) is 0 Å². The Balaban J connectivity index is 2.39. The van der Waals surface area contributed by atoms with Crippen LogP contribution in [0.25, 0.3) is 0 Å². The smallest absolute Gasteiger partial charge is 0.00189 e. The first-order valence-corrected chi connectivity index (χ1v) is 4.68. The van der Waals surface area contributed by atoms with Gasteiger partial charge in [0.25, 0.3) is 0 Å². The third kappa shape index (κ3) is 2.48. The summed E-state index contributed by atoms with van der Waals surface area (Å²) in [6.45, 7) is 9.68. The Bertz CT molecular complexity index is 115. The van der Waals surface area contributed by atoms with Crippen LogP contribution in [0.15, 0.2) is 0 Å². The van der Waals surface area contributed by atoms with E-state index < -0.39 is 0 Å². The molecule has 0 aromatic heterocycles. The Kier molecular flexibility index (Phi) is 2.58. The molecule has 11 heavy (non-hydrogen) atoms. The molecule has 1 nitrogen and oxygen atoms in total. The lowest BCUT2D eigenvalue weighted by molar-refractivity contribution is 0.129. The minimum absolute atomic E-state index is 0.529. The summed E-state index contributed by atoms with van der Waals surface area (Å²) in [5.41, 5.74) is 0.529. The summed E-state index contributed by atoms with van der Waals surface area (Å²) >= 11 is 0. The lowest BCUT2D eigenvalue weighted by Gasteiger charge is -2.37. The second-order valence-corrected chi connectivity index (χ2v) is 4.94. The monoisotopic (exact) mass is 155 g/mol. The zero-order chi connectivity index (χ0) is 8.48. The zero-order valence-corrected chi connectivity index (χ0v) is 8.35. The Morgan fingerprint density at radius 3 is 1.91 bits per heavy atom. The van der Waals surface area contributed by atoms with Gasteiger partial charge >= 0.3 is 0 Å². The highest BCUT2D eigenvalue weighted by Gasteiger charge is 2.27. The molecule has 0 atom stereocenters. The van der Waals surface area contributed by atoms with E-state index in [0.29, 0.717) is 5.41 Å². The quantitative estimate of drug-likeness (QED) is 0.519. The lowest BCUT2D eigenvalue weighted by atomic mass is 9.75. The third-order valence-electron chi connectivity index (χ3n) is 2.94. The lowest BCUT2D eigenvalue weighted by Crippen LogP contribution is -2.35. The summed E-state index contributed by atoms with van der Waals surface area (Å²) in [6, 6.07) is 0. The van der Waals surface area contributed by atoms with Gasteiger partial charge in [0.15, 0.2) is 0 Å². The first-order valence-electron chi connectivity index (χ1n) is 4.68. The van der Waals surface area contributed by atoms with E-state index in [2.05, 4.69) is 32.7 Å². The summed E-state index contributed by atoms with van der Waals surface area (Å²) in [5, 5.41) is 0. The Labute approximate surface area is 70.8 Å². The van der Waals surface area contributed by atoms with Crippen LogP contribution in [0.1, 0.15) is 33.6 Å². The molecule has 0 unspecified atom stereocenters. The summed E-state index contributed by atoms with van der Waals surface area (Å²) < 4.78 is 0. The third-order valence-corrected chi connectivity index (χ3v) is 2.94. The highest BCUT2D eigenvalue weighted by Crippen LogP contribution is 2.33. The predicted octanol–water partition coefficient (Wildman–Crippen LogP) is 2.37. The Morgan fingerprint density at radius 1 is 1.09 bits per heavy atom. The zero-order valence-electron chi connectivity index (χ0n) is 8.35. The SMILES string of the molecule is CN1CCC(C(C)(C)C)CC1. The number of hydrogen-bond donors (Lipinski definition) is 0. The van der Waals surface area contributed by atoms with Crippen molar-refractivity contribution in [1.29, 1.82) is 0 Å². The van der Waals surface area contributed by atoms with Gasteiger partial charge in [0.1, 0.15) is 0 Å². The molecule has 0 aromatic carbocycles. The van der Waals surface area contributed by atoms with E-state index in [9.17, 15) is 0 Å². The van der Waals surface area contributed by atoms with Crippen molar-refractivity contribution in [1.82, 2.24) is 4.90 Å². The second kappa shape index (κ2) is 3.14. The van der Waals surface area contributed by atoms with Crippen molar-refractivity contribution in [3.63, 3.8) is 0 Å². The van der Waals surface area contributed by atoms with Crippen molar-refractivity contribution in [2.45, 2.75) is 33.6 Å². The van der Waals surface area contributed by atoms with Crippen molar-refractivity contribution >= 4 is 0 Å². The van der Waals surface area contributed by atoms with Crippen LogP contribution >= 0.6 is 0 Å². The molecule has 1 heteroatoms. The van der Waals surface area contributed by atoms with Crippen LogP contribution in [0, 0.1) is 11.3 Å². The molecule has 66 valence electrons. The van der Waals surface area contributed by atoms with E-state index in [1.807, 2.05) is 0 Å². The minimum Gasteiger partial charge on any atom is -0.306 e. The maximum Gasteiger partial charge on any atom is -0.00189 e. The van der Waals surface area contributed by atoms with Gasteiger partial charge in [0, 0.05) is 0 Å². The van der Waals surface area contributed by atoms with E-state index in [0.717, 1.165) is 5.92 Å². The normalized spacial score (nSPS) is 24.0. The fourth-order valence-electron chi connectivity index (χ4n) is 1.87. The summed E-state index contributed by atoms with van der Waals surface area (Å²) in [5.74, 6) is 0.943. The summed E-state index contributed by atoms with van der Waals surface area (Å²) in [4.78, 5) is 2.43. The van der Waals surface area contributed by atoms with E-state index in [1.165, 1.54) is 25.9 Å². The predicted molar refractivity (Wildman–Crippen MR) is 49.7 cm³/mol. The molecule has 0 aliphatic carbocycles. The fourth-order valence-corrected chi connectivity index (χ4v) is 1.87. The van der Waals surface area contributed by atoms with Crippen molar-refractivity contribution in [3.05, 3.63) is 0 Å². The summed E-state index contributed by atoms with van der Waals surface area (Å²) in [6.07, 6.45) is 2.78. The molecule has 1 aliphatic heterocycles. The maximum absolute atomic E-state index is 2.43. The van der Waals surface area contributed by atoms with Gasteiger partial charge in [-0.1, -0.05) is 20.8 Å². The van der Waals surface area contributed by atoms with Gasteiger partial charge in [-0.05, 0) is 44.3 Å². The van der Waals surface area contributed by atoms with Gasteiger partial charge in [0.05, 0.1) is 0 Å². The highest BCUT2D eigenvalue weighted by molar-refractivity contribution is 4.79. The van der Waals surface area contributed by atoms with Crippen LogP contribution in [-0.2, 0) is 0 Å². The Hall–Kier alpha value is -0.0400. The standard InChI is InChI=1S/C10H21N/c1-10(2,3)9-5-7-11(4)8-6-9/h9H,5-8H2,1-4H3. The molecular formula is C10H21N. The number of nitrogens with zero attached hydrogens (tertiary/aromatic N) is 1. The van der Waals surface area contributed by atoms with Crippen LogP contribution < -0.4 is 0 Å². The van der Waals surface area contributed by atoms with Crippen LogP contribution in [0.2, 0.25) is 0 Å². The van der Waals surface area contributed by atoms with Crippen LogP contribution in [0.5, 0.6) is 0 Å². The fraction of sp³-hybridized carbons (Fsp3) is 1.00. The molecule has 0 bridgehead atoms. The average molecular weight is 155 g/mol.